The highest BCUT2D eigenvalue weighted by Crippen LogP contribution is 2.14. The van der Waals surface area contributed by atoms with E-state index in [0.29, 0.717) is 16.8 Å². The number of nitrogens with zero attached hydrogens (tertiary/aromatic N) is 2. The zero-order valence-electron chi connectivity index (χ0n) is 10.5. The number of nitrogen functional groups attached to an aromatic ring is 1. The average Bonchev–Trinajstić information content (AvgIpc) is 2.25. The first-order valence-electron chi connectivity index (χ1n) is 5.17. The van der Waals surface area contributed by atoms with Crippen LogP contribution in [0, 0.1) is 0 Å². The molecule has 1 rings (SSSR count). The van der Waals surface area contributed by atoms with Crippen molar-refractivity contribution in [3.63, 3.8) is 0 Å². The lowest BCUT2D eigenvalue weighted by Crippen LogP contribution is -2.24. The second kappa shape index (κ2) is 4.86. The molecule has 17 heavy (non-hydrogen) atoms. The Kier molecular flexibility index (Phi) is 3.73. The van der Waals surface area contributed by atoms with E-state index in [2.05, 4.69) is 0 Å². The fraction of sp³-hybridized carbons (Fsp3) is 0.333. The molecule has 2 amide bonds. The minimum atomic E-state index is -0.176. The molecule has 0 fully saturated rings. The molecule has 1 aromatic carbocycles. The van der Waals surface area contributed by atoms with Gasteiger partial charge in [0.1, 0.15) is 0 Å². The fourth-order valence-corrected chi connectivity index (χ4v) is 1.41. The van der Waals surface area contributed by atoms with Crippen molar-refractivity contribution >= 4 is 17.5 Å². The molecule has 0 unspecified atom stereocenters. The Morgan fingerprint density at radius 1 is 0.882 bits per heavy atom. The molecule has 0 saturated carbocycles. The van der Waals surface area contributed by atoms with Crippen molar-refractivity contribution in [2.45, 2.75) is 0 Å². The van der Waals surface area contributed by atoms with E-state index < -0.39 is 0 Å². The summed E-state index contributed by atoms with van der Waals surface area (Å²) in [6.07, 6.45) is 0. The summed E-state index contributed by atoms with van der Waals surface area (Å²) in [6, 6.07) is 4.69. The van der Waals surface area contributed by atoms with Gasteiger partial charge in [-0.25, -0.2) is 0 Å². The molecule has 0 spiro atoms. The Balaban J connectivity index is 3.20. The molecule has 2 N–H and O–H groups in total. The summed E-state index contributed by atoms with van der Waals surface area (Å²) < 4.78 is 0. The number of hydrogen-bond acceptors (Lipinski definition) is 3. The molecule has 5 nitrogen and oxygen atoms in total. The first-order chi connectivity index (χ1) is 7.82. The molecular weight excluding hydrogens is 218 g/mol. The van der Waals surface area contributed by atoms with Gasteiger partial charge in [-0.05, 0) is 18.2 Å². The van der Waals surface area contributed by atoms with Crippen LogP contribution >= 0.6 is 0 Å². The monoisotopic (exact) mass is 235 g/mol. The predicted octanol–water partition coefficient (Wildman–Crippen LogP) is 0.672. The van der Waals surface area contributed by atoms with E-state index >= 15 is 0 Å². The van der Waals surface area contributed by atoms with E-state index in [1.807, 2.05) is 0 Å². The maximum Gasteiger partial charge on any atom is 0.253 e. The van der Waals surface area contributed by atoms with Crippen molar-refractivity contribution in [3.8, 4) is 0 Å². The Hall–Kier alpha value is -2.04. The number of carbonyl (C=O) groups excluding carboxylic acids is 2. The van der Waals surface area contributed by atoms with E-state index in [1.54, 1.807) is 46.4 Å². The van der Waals surface area contributed by atoms with Crippen LogP contribution in [0.4, 0.5) is 5.69 Å². The number of benzene rings is 1. The van der Waals surface area contributed by atoms with Gasteiger partial charge in [-0.1, -0.05) is 0 Å². The maximum atomic E-state index is 11.8. The molecule has 1 aromatic rings. The summed E-state index contributed by atoms with van der Waals surface area (Å²) in [7, 11) is 6.61. The predicted molar refractivity (Wildman–Crippen MR) is 66.9 cm³/mol. The Morgan fingerprint density at radius 3 is 1.53 bits per heavy atom. The normalized spacial score (nSPS) is 9.88. The third kappa shape index (κ3) is 2.96. The molecule has 0 aliphatic rings. The Labute approximate surface area is 101 Å². The van der Waals surface area contributed by atoms with Crippen LogP contribution in [0.2, 0.25) is 0 Å². The molecule has 0 atom stereocenters. The summed E-state index contributed by atoms with van der Waals surface area (Å²) in [5.74, 6) is -0.352. The number of carbonyl (C=O) groups is 2. The lowest BCUT2D eigenvalue weighted by atomic mass is 10.1. The van der Waals surface area contributed by atoms with E-state index in [-0.39, 0.29) is 11.8 Å². The van der Waals surface area contributed by atoms with Gasteiger partial charge in [-0.2, -0.15) is 0 Å². The molecular formula is C12H17N3O2. The van der Waals surface area contributed by atoms with Gasteiger partial charge in [0.05, 0.1) is 0 Å². The minimum absolute atomic E-state index is 0.176. The molecule has 0 bridgehead atoms. The lowest BCUT2D eigenvalue weighted by Gasteiger charge is -2.14. The van der Waals surface area contributed by atoms with E-state index in [9.17, 15) is 9.59 Å². The van der Waals surface area contributed by atoms with Crippen LogP contribution in [0.15, 0.2) is 18.2 Å². The lowest BCUT2D eigenvalue weighted by molar-refractivity contribution is 0.0826. The van der Waals surface area contributed by atoms with Crippen molar-refractivity contribution < 1.29 is 9.59 Å². The molecule has 0 saturated heterocycles. The van der Waals surface area contributed by atoms with E-state index in [1.165, 1.54) is 9.80 Å². The first-order valence-corrected chi connectivity index (χ1v) is 5.17. The summed E-state index contributed by atoms with van der Waals surface area (Å²) in [6.45, 7) is 0. The van der Waals surface area contributed by atoms with Gasteiger partial charge in [-0.15, -0.1) is 0 Å². The van der Waals surface area contributed by atoms with Crippen LogP contribution in [0.5, 0.6) is 0 Å². The van der Waals surface area contributed by atoms with Gasteiger partial charge < -0.3 is 15.5 Å². The Morgan fingerprint density at radius 2 is 1.24 bits per heavy atom. The number of rotatable bonds is 2. The summed E-state index contributed by atoms with van der Waals surface area (Å²) >= 11 is 0. The van der Waals surface area contributed by atoms with Crippen LogP contribution in [-0.4, -0.2) is 49.8 Å². The van der Waals surface area contributed by atoms with Gasteiger partial charge in [0.25, 0.3) is 11.8 Å². The highest BCUT2D eigenvalue weighted by molar-refractivity contribution is 6.00. The van der Waals surface area contributed by atoms with Gasteiger partial charge >= 0.3 is 0 Å². The van der Waals surface area contributed by atoms with Gasteiger partial charge in [0, 0.05) is 45.0 Å². The third-order valence-corrected chi connectivity index (χ3v) is 2.26. The average molecular weight is 235 g/mol. The number of amides is 2. The van der Waals surface area contributed by atoms with Crippen LogP contribution in [-0.2, 0) is 0 Å². The van der Waals surface area contributed by atoms with E-state index in [4.69, 9.17) is 5.73 Å². The maximum absolute atomic E-state index is 11.8. The zero-order chi connectivity index (χ0) is 13.2. The molecule has 0 aromatic heterocycles. The first kappa shape index (κ1) is 13.0. The highest BCUT2D eigenvalue weighted by atomic mass is 16.2. The molecule has 5 heteroatoms. The van der Waals surface area contributed by atoms with Crippen LogP contribution < -0.4 is 5.73 Å². The van der Waals surface area contributed by atoms with Gasteiger partial charge in [-0.3, -0.25) is 9.59 Å². The summed E-state index contributed by atoms with van der Waals surface area (Å²) in [4.78, 5) is 26.5. The topological polar surface area (TPSA) is 66.6 Å². The third-order valence-electron chi connectivity index (χ3n) is 2.26. The van der Waals surface area contributed by atoms with E-state index in [0.717, 1.165) is 0 Å². The van der Waals surface area contributed by atoms with Crippen molar-refractivity contribution in [2.24, 2.45) is 0 Å². The van der Waals surface area contributed by atoms with Crippen LogP contribution in [0.1, 0.15) is 20.7 Å². The summed E-state index contributed by atoms with van der Waals surface area (Å²) in [5.41, 5.74) is 6.93. The summed E-state index contributed by atoms with van der Waals surface area (Å²) in [5, 5.41) is 0. The molecule has 0 heterocycles. The minimum Gasteiger partial charge on any atom is -0.399 e. The second-order valence-corrected chi connectivity index (χ2v) is 4.24. The SMILES string of the molecule is CN(C)C(=O)c1cc(N)cc(C(=O)N(C)C)c1. The van der Waals surface area contributed by atoms with Crippen molar-refractivity contribution in [2.75, 3.05) is 33.9 Å². The largest absolute Gasteiger partial charge is 0.399 e. The highest BCUT2D eigenvalue weighted by Gasteiger charge is 2.14. The van der Waals surface area contributed by atoms with Crippen molar-refractivity contribution in [1.82, 2.24) is 9.80 Å². The molecule has 92 valence electrons. The number of nitrogens with two attached hydrogens (primary N) is 1. The second-order valence-electron chi connectivity index (χ2n) is 4.24. The molecule has 0 aliphatic heterocycles. The van der Waals surface area contributed by atoms with Crippen molar-refractivity contribution in [3.05, 3.63) is 29.3 Å². The zero-order valence-corrected chi connectivity index (χ0v) is 10.5. The van der Waals surface area contributed by atoms with Crippen LogP contribution in [0.3, 0.4) is 0 Å². The van der Waals surface area contributed by atoms with Crippen molar-refractivity contribution in [1.29, 1.82) is 0 Å². The number of hydrogen-bond donors (Lipinski definition) is 1. The van der Waals surface area contributed by atoms with Gasteiger partial charge in [0.2, 0.25) is 0 Å². The van der Waals surface area contributed by atoms with Crippen LogP contribution in [0.25, 0.3) is 0 Å². The number of anilines is 1. The standard InChI is InChI=1S/C12H17N3O2/c1-14(2)11(16)8-5-9(7-10(13)6-8)12(17)15(3)4/h5-7H,13H2,1-4H3. The smallest absolute Gasteiger partial charge is 0.253 e. The fourth-order valence-electron chi connectivity index (χ4n) is 1.41. The molecule has 0 radical (unpaired) electrons. The molecule has 0 aliphatic carbocycles. The quantitative estimate of drug-likeness (QED) is 0.766. The van der Waals surface area contributed by atoms with Gasteiger partial charge in [0.15, 0.2) is 0 Å². The Bertz CT molecular complexity index is 415.